The van der Waals surface area contributed by atoms with Gasteiger partial charge in [0.25, 0.3) is 11.8 Å². The Morgan fingerprint density at radius 3 is 2.26 bits per heavy atom. The van der Waals surface area contributed by atoms with Gasteiger partial charge in [-0.15, -0.1) is 0 Å². The summed E-state index contributed by atoms with van der Waals surface area (Å²) >= 11 is 6.11. The van der Waals surface area contributed by atoms with Gasteiger partial charge >= 0.3 is 0 Å². The van der Waals surface area contributed by atoms with Crippen LogP contribution in [0.15, 0.2) is 66.2 Å². The highest BCUT2D eigenvalue weighted by Gasteiger charge is 2.13. The third kappa shape index (κ3) is 8.02. The summed E-state index contributed by atoms with van der Waals surface area (Å²) in [7, 11) is 0. The van der Waals surface area contributed by atoms with Crippen LogP contribution in [0.5, 0.6) is 17.2 Å². The lowest BCUT2D eigenvalue weighted by Crippen LogP contribution is -2.20. The number of carbonyl (C=O) groups is 2. The SMILES string of the molecule is CCOc1ccc(NC(=O)/C(C#N)=C/c2ccc(OCC(=O)Nc3ccc(C)c(Cl)c3)c(OCC)c2)cc1. The van der Waals surface area contributed by atoms with Gasteiger partial charge in [0.15, 0.2) is 18.1 Å². The summed E-state index contributed by atoms with van der Waals surface area (Å²) in [4.78, 5) is 25.0. The molecule has 0 heterocycles. The summed E-state index contributed by atoms with van der Waals surface area (Å²) in [6.45, 7) is 6.20. The van der Waals surface area contributed by atoms with Gasteiger partial charge in [-0.25, -0.2) is 0 Å². The van der Waals surface area contributed by atoms with Gasteiger partial charge in [-0.05, 0) is 86.5 Å². The van der Waals surface area contributed by atoms with Crippen LogP contribution in [0.4, 0.5) is 11.4 Å². The fraction of sp³-hybridized carbons (Fsp3) is 0.207. The molecule has 0 unspecified atom stereocenters. The second kappa shape index (κ2) is 13.7. The molecule has 0 atom stereocenters. The van der Waals surface area contributed by atoms with Crippen molar-refractivity contribution >= 4 is 40.9 Å². The number of rotatable bonds is 11. The molecule has 196 valence electrons. The van der Waals surface area contributed by atoms with E-state index in [0.717, 1.165) is 5.56 Å². The second-order valence-electron chi connectivity index (χ2n) is 8.02. The van der Waals surface area contributed by atoms with E-state index < -0.39 is 5.91 Å². The molecule has 0 radical (unpaired) electrons. The molecule has 3 aromatic carbocycles. The van der Waals surface area contributed by atoms with Gasteiger partial charge in [0.2, 0.25) is 0 Å². The van der Waals surface area contributed by atoms with Gasteiger partial charge in [0, 0.05) is 16.4 Å². The zero-order valence-corrected chi connectivity index (χ0v) is 22.1. The summed E-state index contributed by atoms with van der Waals surface area (Å²) in [5.41, 5.74) is 2.46. The van der Waals surface area contributed by atoms with Crippen molar-refractivity contribution in [1.82, 2.24) is 0 Å². The van der Waals surface area contributed by atoms with Crippen molar-refractivity contribution in [3.8, 4) is 23.3 Å². The van der Waals surface area contributed by atoms with Gasteiger partial charge in [0.05, 0.1) is 13.2 Å². The number of amides is 2. The van der Waals surface area contributed by atoms with E-state index in [1.807, 2.05) is 32.9 Å². The highest BCUT2D eigenvalue weighted by Crippen LogP contribution is 2.30. The lowest BCUT2D eigenvalue weighted by atomic mass is 10.1. The quantitative estimate of drug-likeness (QED) is 0.231. The number of benzene rings is 3. The average molecular weight is 534 g/mol. The van der Waals surface area contributed by atoms with E-state index in [1.54, 1.807) is 54.6 Å². The first kappa shape index (κ1) is 28.1. The first-order valence-corrected chi connectivity index (χ1v) is 12.3. The molecular weight excluding hydrogens is 506 g/mol. The molecule has 0 aromatic heterocycles. The van der Waals surface area contributed by atoms with Crippen LogP contribution in [0.2, 0.25) is 5.02 Å². The topological polar surface area (TPSA) is 110 Å². The predicted octanol–water partition coefficient (Wildman–Crippen LogP) is 6.01. The largest absolute Gasteiger partial charge is 0.494 e. The van der Waals surface area contributed by atoms with Gasteiger partial charge in [0.1, 0.15) is 17.4 Å². The summed E-state index contributed by atoms with van der Waals surface area (Å²) < 4.78 is 16.7. The summed E-state index contributed by atoms with van der Waals surface area (Å²) in [6.07, 6.45) is 1.45. The molecule has 2 N–H and O–H groups in total. The molecule has 0 aliphatic carbocycles. The standard InChI is InChI=1S/C29H28ClN3O5/c1-4-36-24-11-9-22(10-12-24)33-29(35)21(17-31)14-20-7-13-26(27(15-20)37-5-2)38-18-28(34)32-23-8-6-19(3)25(30)16-23/h6-16H,4-5,18H2,1-3H3,(H,32,34)(H,33,35)/b21-14+. The molecule has 3 rings (SSSR count). The highest BCUT2D eigenvalue weighted by atomic mass is 35.5. The number of carbonyl (C=O) groups excluding carboxylic acids is 2. The average Bonchev–Trinajstić information content (AvgIpc) is 2.90. The Labute approximate surface area is 226 Å². The van der Waals surface area contributed by atoms with Gasteiger partial charge in [-0.2, -0.15) is 5.26 Å². The van der Waals surface area contributed by atoms with E-state index in [2.05, 4.69) is 10.6 Å². The Morgan fingerprint density at radius 2 is 1.61 bits per heavy atom. The number of nitrogens with one attached hydrogen (secondary N) is 2. The molecule has 0 spiro atoms. The van der Waals surface area contributed by atoms with Crippen molar-refractivity contribution in [3.63, 3.8) is 0 Å². The molecular formula is C29H28ClN3O5. The first-order chi connectivity index (χ1) is 18.3. The summed E-state index contributed by atoms with van der Waals surface area (Å²) in [6, 6.07) is 18.9. The van der Waals surface area contributed by atoms with Crippen molar-refractivity contribution in [2.75, 3.05) is 30.5 Å². The van der Waals surface area contributed by atoms with E-state index in [9.17, 15) is 14.9 Å². The molecule has 38 heavy (non-hydrogen) atoms. The van der Waals surface area contributed by atoms with Gasteiger partial charge in [-0.3, -0.25) is 9.59 Å². The van der Waals surface area contributed by atoms with Crippen molar-refractivity contribution in [1.29, 1.82) is 5.26 Å². The lowest BCUT2D eigenvalue weighted by Gasteiger charge is -2.13. The number of aryl methyl sites for hydroxylation is 1. The Balaban J connectivity index is 1.68. The third-order valence-electron chi connectivity index (χ3n) is 5.18. The Hall–Kier alpha value is -4.48. The molecule has 0 saturated carbocycles. The monoisotopic (exact) mass is 533 g/mol. The summed E-state index contributed by atoms with van der Waals surface area (Å²) in [5, 5.41) is 15.6. The van der Waals surface area contributed by atoms with Crippen molar-refractivity contribution < 1.29 is 23.8 Å². The van der Waals surface area contributed by atoms with Crippen LogP contribution >= 0.6 is 11.6 Å². The van der Waals surface area contributed by atoms with E-state index in [0.29, 0.717) is 52.4 Å². The van der Waals surface area contributed by atoms with Crippen LogP contribution in [0.1, 0.15) is 25.0 Å². The zero-order valence-electron chi connectivity index (χ0n) is 21.3. The maximum atomic E-state index is 12.7. The fourth-order valence-electron chi connectivity index (χ4n) is 3.33. The Kier molecular flexibility index (Phi) is 10.1. The zero-order chi connectivity index (χ0) is 27.5. The molecule has 0 saturated heterocycles. The van der Waals surface area contributed by atoms with Crippen molar-refractivity contribution in [2.24, 2.45) is 0 Å². The van der Waals surface area contributed by atoms with E-state index in [4.69, 9.17) is 25.8 Å². The number of nitrogens with zero attached hydrogens (tertiary/aromatic N) is 1. The van der Waals surface area contributed by atoms with E-state index >= 15 is 0 Å². The molecule has 0 fully saturated rings. The number of ether oxygens (including phenoxy) is 3. The first-order valence-electron chi connectivity index (χ1n) is 11.9. The van der Waals surface area contributed by atoms with Crippen LogP contribution in [0, 0.1) is 18.3 Å². The lowest BCUT2D eigenvalue weighted by molar-refractivity contribution is -0.118. The number of hydrogen-bond donors (Lipinski definition) is 2. The maximum Gasteiger partial charge on any atom is 0.266 e. The second-order valence-corrected chi connectivity index (χ2v) is 8.43. The normalized spacial score (nSPS) is 10.8. The minimum atomic E-state index is -0.553. The Bertz CT molecular complexity index is 1360. The third-order valence-corrected chi connectivity index (χ3v) is 5.59. The molecule has 8 nitrogen and oxygen atoms in total. The van der Waals surface area contributed by atoms with Crippen molar-refractivity contribution in [2.45, 2.75) is 20.8 Å². The number of anilines is 2. The number of hydrogen-bond acceptors (Lipinski definition) is 6. The van der Waals surface area contributed by atoms with E-state index in [1.165, 1.54) is 6.08 Å². The van der Waals surface area contributed by atoms with Crippen LogP contribution in [0.25, 0.3) is 6.08 Å². The Morgan fingerprint density at radius 1 is 0.895 bits per heavy atom. The molecule has 0 aliphatic heterocycles. The van der Waals surface area contributed by atoms with Gasteiger partial charge < -0.3 is 24.8 Å². The predicted molar refractivity (Wildman–Crippen MR) is 148 cm³/mol. The molecule has 9 heteroatoms. The molecule has 3 aromatic rings. The maximum absolute atomic E-state index is 12.7. The van der Waals surface area contributed by atoms with Crippen LogP contribution in [-0.4, -0.2) is 31.6 Å². The summed E-state index contributed by atoms with van der Waals surface area (Å²) in [5.74, 6) is 0.483. The van der Waals surface area contributed by atoms with Gasteiger partial charge in [-0.1, -0.05) is 23.7 Å². The number of nitriles is 1. The highest BCUT2D eigenvalue weighted by molar-refractivity contribution is 6.31. The molecule has 2 amide bonds. The molecule has 0 bridgehead atoms. The van der Waals surface area contributed by atoms with E-state index in [-0.39, 0.29) is 18.1 Å². The fourth-order valence-corrected chi connectivity index (χ4v) is 3.51. The minimum Gasteiger partial charge on any atom is -0.494 e. The van der Waals surface area contributed by atoms with Crippen LogP contribution in [-0.2, 0) is 9.59 Å². The number of halogens is 1. The minimum absolute atomic E-state index is 0.0915. The van der Waals surface area contributed by atoms with Crippen molar-refractivity contribution in [3.05, 3.63) is 82.4 Å². The smallest absolute Gasteiger partial charge is 0.266 e. The van der Waals surface area contributed by atoms with Crippen LogP contribution in [0.3, 0.4) is 0 Å². The van der Waals surface area contributed by atoms with Crippen LogP contribution < -0.4 is 24.8 Å². The molecule has 0 aliphatic rings.